The van der Waals surface area contributed by atoms with Crippen LogP contribution < -0.4 is 15.5 Å². The summed E-state index contributed by atoms with van der Waals surface area (Å²) in [5, 5.41) is 5.53. The molecule has 6 heterocycles. The van der Waals surface area contributed by atoms with Gasteiger partial charge in [-0.3, -0.25) is 4.90 Å². The van der Waals surface area contributed by atoms with E-state index in [1.54, 1.807) is 30.7 Å². The van der Waals surface area contributed by atoms with Crippen LogP contribution in [0.2, 0.25) is 10.0 Å². The largest absolute Gasteiger partial charge is 0.461 e. The first-order valence-electron chi connectivity index (χ1n) is 12.0. The lowest BCUT2D eigenvalue weighted by Gasteiger charge is -2.39. The van der Waals surface area contributed by atoms with E-state index in [9.17, 15) is 0 Å². The van der Waals surface area contributed by atoms with Gasteiger partial charge in [0.05, 0.1) is 16.3 Å². The number of rotatable bonds is 5. The number of halogens is 2. The minimum Gasteiger partial charge on any atom is -0.461 e. The standard InChI is InChI=1S/C23H26Cl2N10O/c24-16-11-17(25)20(27-12-16)33-8-6-32(7-9-33)13-15-3-1-5-34(14-15)22-29-21(26)35-23(30-22)28-19(31-35)18-4-2-10-36-18/h2,4,10-12,15H,1,3,5-9,13-14H2,(H2,26,28,29,30,31). The van der Waals surface area contributed by atoms with Gasteiger partial charge in [-0.2, -0.15) is 19.5 Å². The van der Waals surface area contributed by atoms with Crippen LogP contribution in [0.25, 0.3) is 17.4 Å². The molecule has 0 bridgehead atoms. The number of hydrogen-bond donors (Lipinski definition) is 1. The summed E-state index contributed by atoms with van der Waals surface area (Å²) in [6.07, 6.45) is 5.48. The third-order valence-corrected chi connectivity index (χ3v) is 7.23. The van der Waals surface area contributed by atoms with Gasteiger partial charge in [0.1, 0.15) is 5.82 Å². The van der Waals surface area contributed by atoms with Gasteiger partial charge in [-0.15, -0.1) is 5.10 Å². The average Bonchev–Trinajstić information content (AvgIpc) is 3.55. The topological polar surface area (TPSA) is 118 Å². The summed E-state index contributed by atoms with van der Waals surface area (Å²) in [7, 11) is 0. The van der Waals surface area contributed by atoms with Crippen molar-refractivity contribution in [3.8, 4) is 11.6 Å². The Labute approximate surface area is 217 Å². The second-order valence-corrected chi connectivity index (χ2v) is 10.1. The molecule has 2 saturated heterocycles. The first kappa shape index (κ1) is 23.3. The Morgan fingerprint density at radius 1 is 1.06 bits per heavy atom. The fourth-order valence-electron chi connectivity index (χ4n) is 4.99. The highest BCUT2D eigenvalue weighted by molar-refractivity contribution is 6.36. The van der Waals surface area contributed by atoms with Crippen LogP contribution in [0.3, 0.4) is 0 Å². The van der Waals surface area contributed by atoms with Gasteiger partial charge in [-0.1, -0.05) is 23.2 Å². The number of nitrogens with two attached hydrogens (primary N) is 1. The lowest BCUT2D eigenvalue weighted by atomic mass is 9.97. The van der Waals surface area contributed by atoms with Gasteiger partial charge < -0.3 is 20.0 Å². The van der Waals surface area contributed by atoms with Crippen LogP contribution in [0.4, 0.5) is 17.7 Å². The van der Waals surface area contributed by atoms with Crippen molar-refractivity contribution in [2.75, 3.05) is 61.3 Å². The van der Waals surface area contributed by atoms with Gasteiger partial charge in [0.25, 0.3) is 5.78 Å². The SMILES string of the molecule is Nc1nc(N2CCCC(CN3CCN(c4ncc(Cl)cc4Cl)CC3)C2)nc2nc(-c3ccco3)nn12. The van der Waals surface area contributed by atoms with Gasteiger partial charge in [0.15, 0.2) is 5.76 Å². The summed E-state index contributed by atoms with van der Waals surface area (Å²) < 4.78 is 6.85. The zero-order valence-electron chi connectivity index (χ0n) is 19.6. The summed E-state index contributed by atoms with van der Waals surface area (Å²) in [6, 6.07) is 5.34. The molecule has 36 heavy (non-hydrogen) atoms. The monoisotopic (exact) mass is 528 g/mol. The first-order chi connectivity index (χ1) is 17.5. The molecule has 2 N–H and O–H groups in total. The van der Waals surface area contributed by atoms with Crippen LogP contribution in [0.5, 0.6) is 0 Å². The second-order valence-electron chi connectivity index (χ2n) is 9.21. The maximum Gasteiger partial charge on any atom is 0.259 e. The van der Waals surface area contributed by atoms with Crippen molar-refractivity contribution < 1.29 is 4.42 Å². The predicted molar refractivity (Wildman–Crippen MR) is 139 cm³/mol. The molecule has 1 atom stereocenters. The van der Waals surface area contributed by atoms with Gasteiger partial charge in [0, 0.05) is 52.0 Å². The fraction of sp³-hybridized carbons (Fsp3) is 0.435. The lowest BCUT2D eigenvalue weighted by Crippen LogP contribution is -2.50. The minimum atomic E-state index is 0.257. The first-order valence-corrected chi connectivity index (χ1v) is 12.8. The van der Waals surface area contributed by atoms with E-state index >= 15 is 0 Å². The van der Waals surface area contributed by atoms with Crippen molar-refractivity contribution in [3.05, 3.63) is 40.7 Å². The minimum absolute atomic E-state index is 0.257. The maximum absolute atomic E-state index is 6.36. The highest BCUT2D eigenvalue weighted by atomic mass is 35.5. The van der Waals surface area contributed by atoms with E-state index in [4.69, 9.17) is 33.4 Å². The van der Waals surface area contributed by atoms with Crippen LogP contribution in [0, 0.1) is 5.92 Å². The molecule has 6 rings (SSSR count). The Morgan fingerprint density at radius 3 is 2.69 bits per heavy atom. The quantitative estimate of drug-likeness (QED) is 0.413. The molecule has 2 fully saturated rings. The van der Waals surface area contributed by atoms with E-state index in [1.165, 1.54) is 10.9 Å². The molecular weight excluding hydrogens is 503 g/mol. The summed E-state index contributed by atoms with van der Waals surface area (Å²) >= 11 is 12.4. The normalized spacial score (nSPS) is 19.3. The van der Waals surface area contributed by atoms with E-state index < -0.39 is 0 Å². The Balaban J connectivity index is 1.10. The number of piperazine rings is 1. The van der Waals surface area contributed by atoms with Gasteiger partial charge in [-0.05, 0) is 37.0 Å². The number of piperidine rings is 1. The molecule has 0 spiro atoms. The van der Waals surface area contributed by atoms with Gasteiger partial charge >= 0.3 is 0 Å². The van der Waals surface area contributed by atoms with E-state index in [1.807, 2.05) is 0 Å². The molecule has 4 aromatic rings. The highest BCUT2D eigenvalue weighted by Crippen LogP contribution is 2.28. The molecule has 188 valence electrons. The molecule has 0 saturated carbocycles. The Kier molecular flexibility index (Phi) is 6.28. The fourth-order valence-corrected chi connectivity index (χ4v) is 5.49. The third-order valence-electron chi connectivity index (χ3n) is 6.74. The number of fused-ring (bicyclic) bond motifs is 1. The predicted octanol–water partition coefficient (Wildman–Crippen LogP) is 3.10. The molecule has 0 amide bonds. The van der Waals surface area contributed by atoms with Crippen molar-refractivity contribution in [3.63, 3.8) is 0 Å². The van der Waals surface area contributed by atoms with Crippen molar-refractivity contribution in [1.82, 2.24) is 34.4 Å². The second kappa shape index (κ2) is 9.72. The summed E-state index contributed by atoms with van der Waals surface area (Å²) in [6.45, 7) is 6.47. The number of furan rings is 1. The lowest BCUT2D eigenvalue weighted by molar-refractivity contribution is 0.205. The molecule has 2 aliphatic heterocycles. The molecule has 13 heteroatoms. The van der Waals surface area contributed by atoms with Gasteiger partial charge in [0.2, 0.25) is 17.7 Å². The molecular formula is C23H26Cl2N10O. The van der Waals surface area contributed by atoms with Crippen LogP contribution in [-0.4, -0.2) is 80.3 Å². The Hall–Kier alpha value is -3.15. The van der Waals surface area contributed by atoms with Crippen LogP contribution in [0.1, 0.15) is 12.8 Å². The molecule has 0 radical (unpaired) electrons. The molecule has 1 unspecified atom stereocenters. The molecule has 0 aliphatic carbocycles. The van der Waals surface area contributed by atoms with Crippen LogP contribution in [0.15, 0.2) is 35.1 Å². The number of nitrogen functional groups attached to an aromatic ring is 1. The zero-order valence-corrected chi connectivity index (χ0v) is 21.1. The molecule has 0 aromatic carbocycles. The van der Waals surface area contributed by atoms with Crippen molar-refractivity contribution >= 4 is 46.7 Å². The summed E-state index contributed by atoms with van der Waals surface area (Å²) in [5.41, 5.74) is 6.21. The van der Waals surface area contributed by atoms with Gasteiger partial charge in [-0.25, -0.2) is 4.98 Å². The average molecular weight is 529 g/mol. The maximum atomic E-state index is 6.36. The van der Waals surface area contributed by atoms with E-state index in [0.29, 0.717) is 39.3 Å². The van der Waals surface area contributed by atoms with E-state index in [2.05, 4.69) is 39.7 Å². The Bertz CT molecular complexity index is 1350. The smallest absolute Gasteiger partial charge is 0.259 e. The zero-order chi connectivity index (χ0) is 24.6. The summed E-state index contributed by atoms with van der Waals surface area (Å²) in [4.78, 5) is 25.1. The van der Waals surface area contributed by atoms with Crippen molar-refractivity contribution in [2.24, 2.45) is 5.92 Å². The molecule has 2 aliphatic rings. The van der Waals surface area contributed by atoms with Crippen LogP contribution >= 0.6 is 23.2 Å². The Morgan fingerprint density at radius 2 is 1.92 bits per heavy atom. The number of nitrogens with zero attached hydrogens (tertiary/aromatic N) is 9. The molecule has 4 aromatic heterocycles. The van der Waals surface area contributed by atoms with Crippen molar-refractivity contribution in [1.29, 1.82) is 0 Å². The van der Waals surface area contributed by atoms with Crippen LogP contribution in [-0.2, 0) is 0 Å². The number of hydrogen-bond acceptors (Lipinski definition) is 10. The number of pyridine rings is 1. The van der Waals surface area contributed by atoms with E-state index in [-0.39, 0.29) is 5.95 Å². The van der Waals surface area contributed by atoms with E-state index in [0.717, 1.165) is 58.1 Å². The summed E-state index contributed by atoms with van der Waals surface area (Å²) in [5.74, 6) is 3.58. The number of anilines is 3. The van der Waals surface area contributed by atoms with Crippen molar-refractivity contribution in [2.45, 2.75) is 12.8 Å². The third kappa shape index (κ3) is 4.65. The molecule has 11 nitrogen and oxygen atoms in total. The number of aromatic nitrogens is 6. The highest BCUT2D eigenvalue weighted by Gasteiger charge is 2.27.